The summed E-state index contributed by atoms with van der Waals surface area (Å²) in [5.41, 5.74) is 1.70. The SMILES string of the molecule is Cc1[nH]c(=O)c(C#N)c(C)c1CCC(=O)Nc1nonc1-c1ccccc1F. The average Bonchev–Trinajstić information content (AvgIpc) is 3.09. The summed E-state index contributed by atoms with van der Waals surface area (Å²) in [6.07, 6.45) is 0.359. The van der Waals surface area contributed by atoms with Gasteiger partial charge in [0.1, 0.15) is 17.4 Å². The number of amides is 1. The van der Waals surface area contributed by atoms with E-state index in [9.17, 15) is 14.0 Å². The van der Waals surface area contributed by atoms with Crippen molar-refractivity contribution in [3.8, 4) is 17.3 Å². The van der Waals surface area contributed by atoms with Crippen LogP contribution in [0.1, 0.15) is 28.8 Å². The Kier molecular flexibility index (Phi) is 5.31. The molecule has 0 radical (unpaired) electrons. The van der Waals surface area contributed by atoms with E-state index in [1.807, 2.05) is 6.07 Å². The highest BCUT2D eigenvalue weighted by atomic mass is 19.1. The van der Waals surface area contributed by atoms with Gasteiger partial charge in [-0.25, -0.2) is 9.02 Å². The topological polar surface area (TPSA) is 125 Å². The van der Waals surface area contributed by atoms with Crippen LogP contribution in [0.25, 0.3) is 11.3 Å². The Balaban J connectivity index is 1.76. The lowest BCUT2D eigenvalue weighted by molar-refractivity contribution is -0.116. The smallest absolute Gasteiger partial charge is 0.266 e. The number of aromatic amines is 1. The third kappa shape index (κ3) is 3.66. The molecule has 9 heteroatoms. The Morgan fingerprint density at radius 2 is 2.07 bits per heavy atom. The summed E-state index contributed by atoms with van der Waals surface area (Å²) in [6.45, 7) is 3.38. The number of benzene rings is 1. The molecule has 0 spiro atoms. The predicted octanol–water partition coefficient (Wildman–Crippen LogP) is 2.62. The first-order chi connectivity index (χ1) is 13.4. The number of nitrogens with zero attached hydrogens (tertiary/aromatic N) is 3. The summed E-state index contributed by atoms with van der Waals surface area (Å²) in [5, 5.41) is 19.0. The quantitative estimate of drug-likeness (QED) is 0.700. The fourth-order valence-electron chi connectivity index (χ4n) is 2.95. The van der Waals surface area contributed by atoms with Crippen LogP contribution in [0.5, 0.6) is 0 Å². The first-order valence-electron chi connectivity index (χ1n) is 8.42. The summed E-state index contributed by atoms with van der Waals surface area (Å²) < 4.78 is 18.6. The number of nitriles is 1. The number of aryl methyl sites for hydroxylation is 1. The molecule has 2 heterocycles. The van der Waals surface area contributed by atoms with Gasteiger partial charge in [0.15, 0.2) is 5.69 Å². The number of carbonyl (C=O) groups excluding carboxylic acids is 1. The van der Waals surface area contributed by atoms with Crippen molar-refractivity contribution in [2.45, 2.75) is 26.7 Å². The van der Waals surface area contributed by atoms with Gasteiger partial charge in [-0.2, -0.15) is 5.26 Å². The predicted molar refractivity (Wildman–Crippen MR) is 97.9 cm³/mol. The van der Waals surface area contributed by atoms with Gasteiger partial charge >= 0.3 is 0 Å². The van der Waals surface area contributed by atoms with Gasteiger partial charge in [0, 0.05) is 17.7 Å². The Labute approximate surface area is 159 Å². The Bertz CT molecular complexity index is 1140. The molecule has 0 bridgehead atoms. The van der Waals surface area contributed by atoms with E-state index in [-0.39, 0.29) is 29.1 Å². The first-order valence-corrected chi connectivity index (χ1v) is 8.42. The van der Waals surface area contributed by atoms with Crippen LogP contribution in [-0.4, -0.2) is 21.2 Å². The van der Waals surface area contributed by atoms with Crippen LogP contribution < -0.4 is 10.9 Å². The second-order valence-electron chi connectivity index (χ2n) is 6.16. The maximum absolute atomic E-state index is 14.0. The third-order valence-electron chi connectivity index (χ3n) is 4.40. The van der Waals surface area contributed by atoms with Gasteiger partial charge in [-0.15, -0.1) is 0 Å². The molecule has 142 valence electrons. The van der Waals surface area contributed by atoms with Crippen LogP contribution in [0.15, 0.2) is 33.7 Å². The highest BCUT2D eigenvalue weighted by Crippen LogP contribution is 2.26. The molecule has 2 aromatic heterocycles. The number of carbonyl (C=O) groups is 1. The zero-order chi connectivity index (χ0) is 20.3. The molecule has 3 rings (SSSR count). The first kappa shape index (κ1) is 19.0. The highest BCUT2D eigenvalue weighted by Gasteiger charge is 2.19. The number of rotatable bonds is 5. The van der Waals surface area contributed by atoms with Gasteiger partial charge in [-0.3, -0.25) is 9.59 Å². The molecule has 0 fully saturated rings. The van der Waals surface area contributed by atoms with Crippen molar-refractivity contribution in [1.29, 1.82) is 5.26 Å². The van der Waals surface area contributed by atoms with Crippen molar-refractivity contribution in [1.82, 2.24) is 15.3 Å². The molecule has 1 aromatic carbocycles. The number of anilines is 1. The van der Waals surface area contributed by atoms with Crippen molar-refractivity contribution >= 4 is 11.7 Å². The Morgan fingerprint density at radius 3 is 2.79 bits per heavy atom. The number of halogens is 1. The number of H-pyrrole nitrogens is 1. The Morgan fingerprint density at radius 1 is 1.32 bits per heavy atom. The van der Waals surface area contributed by atoms with Gasteiger partial charge in [-0.1, -0.05) is 12.1 Å². The van der Waals surface area contributed by atoms with Crippen LogP contribution in [-0.2, 0) is 11.2 Å². The van der Waals surface area contributed by atoms with Crippen molar-refractivity contribution in [3.63, 3.8) is 0 Å². The highest BCUT2D eigenvalue weighted by molar-refractivity contribution is 5.93. The fraction of sp³-hybridized carbons (Fsp3) is 0.211. The minimum Gasteiger partial charge on any atom is -0.325 e. The van der Waals surface area contributed by atoms with Crippen LogP contribution in [0.4, 0.5) is 10.2 Å². The summed E-state index contributed by atoms with van der Waals surface area (Å²) in [7, 11) is 0. The second-order valence-corrected chi connectivity index (χ2v) is 6.16. The lowest BCUT2D eigenvalue weighted by atomic mass is 9.99. The van der Waals surface area contributed by atoms with Crippen LogP contribution in [0, 0.1) is 31.0 Å². The minimum absolute atomic E-state index is 0.0164. The number of hydrogen-bond acceptors (Lipinski definition) is 6. The molecule has 28 heavy (non-hydrogen) atoms. The standard InChI is InChI=1S/C19H16FN5O3/c1-10-12(11(2)22-19(27)14(10)9-21)7-8-16(26)23-18-17(24-28-25-18)13-5-3-4-6-15(13)20/h3-6H,7-8H2,1-2H3,(H,22,27)(H,23,25,26). The monoisotopic (exact) mass is 381 g/mol. The van der Waals surface area contributed by atoms with Gasteiger partial charge < -0.3 is 10.3 Å². The molecule has 1 amide bonds. The Hall–Kier alpha value is -3.80. The second kappa shape index (κ2) is 7.84. The van der Waals surface area contributed by atoms with E-state index in [1.54, 1.807) is 19.9 Å². The van der Waals surface area contributed by atoms with Gasteiger partial charge in [0.05, 0.1) is 0 Å². The molecule has 0 unspecified atom stereocenters. The summed E-state index contributed by atoms with van der Waals surface area (Å²) in [6, 6.07) is 7.81. The number of hydrogen-bond donors (Lipinski definition) is 2. The van der Waals surface area contributed by atoms with E-state index in [1.165, 1.54) is 18.2 Å². The third-order valence-corrected chi connectivity index (χ3v) is 4.40. The molecule has 0 atom stereocenters. The zero-order valence-corrected chi connectivity index (χ0v) is 15.2. The van der Waals surface area contributed by atoms with Crippen molar-refractivity contribution in [2.75, 3.05) is 5.32 Å². The van der Waals surface area contributed by atoms with E-state index in [2.05, 4.69) is 25.2 Å². The lowest BCUT2D eigenvalue weighted by Crippen LogP contribution is -2.18. The van der Waals surface area contributed by atoms with Crippen LogP contribution >= 0.6 is 0 Å². The summed E-state index contributed by atoms with van der Waals surface area (Å²) in [4.78, 5) is 26.7. The molecule has 0 saturated heterocycles. The minimum atomic E-state index is -0.516. The van der Waals surface area contributed by atoms with E-state index in [0.717, 1.165) is 5.56 Å². The molecule has 0 aliphatic heterocycles. The molecular formula is C19H16FN5O3. The molecule has 3 aromatic rings. The van der Waals surface area contributed by atoms with Gasteiger partial charge in [0.2, 0.25) is 11.7 Å². The fourth-order valence-corrected chi connectivity index (χ4v) is 2.95. The van der Waals surface area contributed by atoms with E-state index in [0.29, 0.717) is 17.7 Å². The summed E-state index contributed by atoms with van der Waals surface area (Å²) >= 11 is 0. The zero-order valence-electron chi connectivity index (χ0n) is 15.2. The summed E-state index contributed by atoms with van der Waals surface area (Å²) in [5.74, 6) is -0.892. The van der Waals surface area contributed by atoms with Gasteiger partial charge in [-0.05, 0) is 53.8 Å². The van der Waals surface area contributed by atoms with Crippen molar-refractivity contribution in [3.05, 3.63) is 62.8 Å². The largest absolute Gasteiger partial charge is 0.325 e. The van der Waals surface area contributed by atoms with E-state index < -0.39 is 17.3 Å². The molecular weight excluding hydrogens is 365 g/mol. The van der Waals surface area contributed by atoms with Crippen LogP contribution in [0.3, 0.4) is 0 Å². The maximum Gasteiger partial charge on any atom is 0.266 e. The van der Waals surface area contributed by atoms with E-state index in [4.69, 9.17) is 5.26 Å². The van der Waals surface area contributed by atoms with Crippen molar-refractivity contribution < 1.29 is 13.8 Å². The maximum atomic E-state index is 14.0. The van der Waals surface area contributed by atoms with E-state index >= 15 is 0 Å². The van der Waals surface area contributed by atoms with Crippen LogP contribution in [0.2, 0.25) is 0 Å². The van der Waals surface area contributed by atoms with Crippen molar-refractivity contribution in [2.24, 2.45) is 0 Å². The number of aromatic nitrogens is 3. The average molecular weight is 381 g/mol. The lowest BCUT2D eigenvalue weighted by Gasteiger charge is -2.10. The molecule has 2 N–H and O–H groups in total. The molecule has 8 nitrogen and oxygen atoms in total. The molecule has 0 aliphatic carbocycles. The number of nitrogens with one attached hydrogen (secondary N) is 2. The molecule has 0 aliphatic rings. The number of pyridine rings is 1. The molecule has 0 saturated carbocycles. The normalized spacial score (nSPS) is 10.5. The van der Waals surface area contributed by atoms with Gasteiger partial charge in [0.25, 0.3) is 5.56 Å².